The first kappa shape index (κ1) is 19.4. The summed E-state index contributed by atoms with van der Waals surface area (Å²) < 4.78 is 10.8. The Morgan fingerprint density at radius 3 is 2.73 bits per heavy atom. The zero-order valence-corrected chi connectivity index (χ0v) is 18.0. The molecular formula is C25H16N4O3S. The van der Waals surface area contributed by atoms with Gasteiger partial charge in [0.25, 0.3) is 5.91 Å². The average molecular weight is 452 g/mol. The lowest BCUT2D eigenvalue weighted by Crippen LogP contribution is -2.13. The van der Waals surface area contributed by atoms with Gasteiger partial charge >= 0.3 is 0 Å². The van der Waals surface area contributed by atoms with Crippen LogP contribution in [0.15, 0.2) is 78.4 Å². The number of benzene rings is 2. The van der Waals surface area contributed by atoms with Crippen LogP contribution in [0.1, 0.15) is 10.4 Å². The molecule has 1 aliphatic rings. The van der Waals surface area contributed by atoms with Crippen molar-refractivity contribution in [2.75, 3.05) is 12.1 Å². The van der Waals surface area contributed by atoms with Crippen LogP contribution in [0.5, 0.6) is 11.5 Å². The first-order chi connectivity index (χ1) is 16.2. The van der Waals surface area contributed by atoms with Crippen molar-refractivity contribution in [2.24, 2.45) is 0 Å². The van der Waals surface area contributed by atoms with Crippen LogP contribution in [0, 0.1) is 0 Å². The first-order valence-electron chi connectivity index (χ1n) is 10.2. The van der Waals surface area contributed by atoms with Crippen LogP contribution in [0.2, 0.25) is 0 Å². The molecule has 160 valence electrons. The maximum absolute atomic E-state index is 13.3. The van der Waals surface area contributed by atoms with Gasteiger partial charge in [0.05, 0.1) is 22.5 Å². The Balaban J connectivity index is 1.32. The lowest BCUT2D eigenvalue weighted by molar-refractivity contribution is 0.102. The molecule has 7 nitrogen and oxygen atoms in total. The van der Waals surface area contributed by atoms with Crippen LogP contribution in [0.25, 0.3) is 33.4 Å². The maximum Gasteiger partial charge on any atom is 0.258 e. The Hall–Kier alpha value is -4.30. The summed E-state index contributed by atoms with van der Waals surface area (Å²) in [4.78, 5) is 26.8. The molecule has 3 aromatic heterocycles. The highest BCUT2D eigenvalue weighted by molar-refractivity contribution is 7.14. The summed E-state index contributed by atoms with van der Waals surface area (Å²) in [7, 11) is 0. The minimum absolute atomic E-state index is 0.220. The molecule has 0 fully saturated rings. The van der Waals surface area contributed by atoms with Crippen LogP contribution in [-0.2, 0) is 0 Å². The highest BCUT2D eigenvalue weighted by atomic mass is 32.1. The smallest absolute Gasteiger partial charge is 0.258 e. The third kappa shape index (κ3) is 3.66. The number of nitrogens with one attached hydrogen (secondary N) is 1. The largest absolute Gasteiger partial charge is 0.454 e. The number of para-hydroxylation sites is 1. The van der Waals surface area contributed by atoms with Gasteiger partial charge in [-0.3, -0.25) is 15.1 Å². The van der Waals surface area contributed by atoms with Crippen molar-refractivity contribution in [3.05, 3.63) is 84.0 Å². The van der Waals surface area contributed by atoms with Crippen LogP contribution in [-0.4, -0.2) is 27.7 Å². The molecule has 1 amide bonds. The fourth-order valence-electron chi connectivity index (χ4n) is 3.71. The molecule has 0 spiro atoms. The second-order valence-corrected chi connectivity index (χ2v) is 8.23. The van der Waals surface area contributed by atoms with E-state index in [1.807, 2.05) is 60.0 Å². The number of hydrogen-bond acceptors (Lipinski definition) is 7. The maximum atomic E-state index is 13.3. The van der Waals surface area contributed by atoms with E-state index in [0.29, 0.717) is 22.1 Å². The second-order valence-electron chi connectivity index (χ2n) is 7.37. The number of hydrogen-bond donors (Lipinski definition) is 1. The molecule has 0 bridgehead atoms. The van der Waals surface area contributed by atoms with Gasteiger partial charge in [-0.05, 0) is 42.5 Å². The van der Waals surface area contributed by atoms with E-state index in [1.165, 1.54) is 11.3 Å². The summed E-state index contributed by atoms with van der Waals surface area (Å²) in [6.45, 7) is 0.220. The summed E-state index contributed by atoms with van der Waals surface area (Å²) in [6.07, 6.45) is 3.44. The molecule has 8 heteroatoms. The standard InChI is InChI=1S/C25H16N4O3S/c30-24(29-25-28-21(13-33-25)15-7-8-22-23(10-15)32-14-31-22)18-11-20(16-4-3-9-26-12-16)27-19-6-2-1-5-17(18)19/h1-13H,14H2,(H,28,29,30). The van der Waals surface area contributed by atoms with Gasteiger partial charge in [0.2, 0.25) is 6.79 Å². The van der Waals surface area contributed by atoms with Crippen molar-refractivity contribution in [3.63, 3.8) is 0 Å². The highest BCUT2D eigenvalue weighted by Gasteiger charge is 2.18. The summed E-state index contributed by atoms with van der Waals surface area (Å²) in [5, 5.41) is 6.13. The zero-order chi connectivity index (χ0) is 22.2. The van der Waals surface area contributed by atoms with Crippen molar-refractivity contribution < 1.29 is 14.3 Å². The fourth-order valence-corrected chi connectivity index (χ4v) is 4.42. The molecule has 0 aliphatic carbocycles. The third-order valence-electron chi connectivity index (χ3n) is 5.31. The van der Waals surface area contributed by atoms with E-state index in [1.54, 1.807) is 18.5 Å². The summed E-state index contributed by atoms with van der Waals surface area (Å²) in [6, 6.07) is 18.8. The van der Waals surface area contributed by atoms with Crippen LogP contribution in [0.3, 0.4) is 0 Å². The van der Waals surface area contributed by atoms with E-state index in [4.69, 9.17) is 14.5 Å². The Morgan fingerprint density at radius 2 is 1.82 bits per heavy atom. The lowest BCUT2D eigenvalue weighted by Gasteiger charge is -2.09. The monoisotopic (exact) mass is 452 g/mol. The molecule has 6 rings (SSSR count). The third-order valence-corrected chi connectivity index (χ3v) is 6.07. The van der Waals surface area contributed by atoms with Gasteiger partial charge in [-0.2, -0.15) is 0 Å². The van der Waals surface area contributed by atoms with Crippen molar-refractivity contribution in [1.29, 1.82) is 0 Å². The van der Waals surface area contributed by atoms with Gasteiger partial charge in [0, 0.05) is 34.3 Å². The van der Waals surface area contributed by atoms with E-state index >= 15 is 0 Å². The van der Waals surface area contributed by atoms with E-state index < -0.39 is 0 Å². The minimum atomic E-state index is -0.245. The SMILES string of the molecule is O=C(Nc1nc(-c2ccc3c(c2)OCO3)cs1)c1cc(-c2cccnc2)nc2ccccc12. The minimum Gasteiger partial charge on any atom is -0.454 e. The van der Waals surface area contributed by atoms with E-state index in [0.717, 1.165) is 33.5 Å². The number of rotatable bonds is 4. The van der Waals surface area contributed by atoms with Gasteiger partial charge < -0.3 is 9.47 Å². The van der Waals surface area contributed by atoms with Crippen molar-refractivity contribution in [1.82, 2.24) is 15.0 Å². The van der Waals surface area contributed by atoms with Gasteiger partial charge in [-0.15, -0.1) is 11.3 Å². The van der Waals surface area contributed by atoms with Gasteiger partial charge in [0.15, 0.2) is 16.6 Å². The summed E-state index contributed by atoms with van der Waals surface area (Å²) >= 11 is 1.37. The molecule has 5 aromatic rings. The Kier molecular flexibility index (Phi) is 4.70. The number of fused-ring (bicyclic) bond motifs is 2. The van der Waals surface area contributed by atoms with E-state index in [-0.39, 0.29) is 12.7 Å². The van der Waals surface area contributed by atoms with Crippen molar-refractivity contribution in [3.8, 4) is 34.0 Å². The Morgan fingerprint density at radius 1 is 0.909 bits per heavy atom. The summed E-state index contributed by atoms with van der Waals surface area (Å²) in [5.74, 6) is 1.17. The lowest BCUT2D eigenvalue weighted by atomic mass is 10.0. The van der Waals surface area contributed by atoms with Crippen LogP contribution >= 0.6 is 11.3 Å². The predicted molar refractivity (Wildman–Crippen MR) is 127 cm³/mol. The Bertz CT molecular complexity index is 1500. The number of aromatic nitrogens is 3. The quantitative estimate of drug-likeness (QED) is 0.393. The molecule has 1 aliphatic heterocycles. The molecule has 33 heavy (non-hydrogen) atoms. The number of amides is 1. The van der Waals surface area contributed by atoms with Gasteiger partial charge in [0.1, 0.15) is 0 Å². The molecule has 1 N–H and O–H groups in total. The molecule has 0 radical (unpaired) electrons. The van der Waals surface area contributed by atoms with Crippen molar-refractivity contribution in [2.45, 2.75) is 0 Å². The fraction of sp³-hybridized carbons (Fsp3) is 0.0400. The number of carbonyl (C=O) groups excluding carboxylic acids is 1. The van der Waals surface area contributed by atoms with Crippen LogP contribution in [0.4, 0.5) is 5.13 Å². The zero-order valence-electron chi connectivity index (χ0n) is 17.2. The number of ether oxygens (including phenoxy) is 2. The van der Waals surface area contributed by atoms with Crippen LogP contribution < -0.4 is 14.8 Å². The number of carbonyl (C=O) groups is 1. The molecule has 0 saturated heterocycles. The first-order valence-corrected chi connectivity index (χ1v) is 11.1. The molecule has 4 heterocycles. The van der Waals surface area contributed by atoms with Gasteiger partial charge in [-0.25, -0.2) is 9.97 Å². The second kappa shape index (κ2) is 7.99. The molecule has 0 atom stereocenters. The van der Waals surface area contributed by atoms with Gasteiger partial charge in [-0.1, -0.05) is 18.2 Å². The van der Waals surface area contributed by atoms with Crippen molar-refractivity contribution >= 4 is 33.3 Å². The number of nitrogens with zero attached hydrogens (tertiary/aromatic N) is 3. The van der Waals surface area contributed by atoms with E-state index in [9.17, 15) is 4.79 Å². The number of thiazole rings is 1. The predicted octanol–water partition coefficient (Wildman–Crippen LogP) is 5.40. The normalized spacial score (nSPS) is 12.1. The molecule has 0 unspecified atom stereocenters. The molecular weight excluding hydrogens is 436 g/mol. The van der Waals surface area contributed by atoms with E-state index in [2.05, 4.69) is 15.3 Å². The average Bonchev–Trinajstić information content (AvgIpc) is 3.53. The Labute approximate surface area is 192 Å². The topological polar surface area (TPSA) is 86.2 Å². The molecule has 2 aromatic carbocycles. The number of pyridine rings is 2. The molecule has 0 saturated carbocycles. The summed E-state index contributed by atoms with van der Waals surface area (Å²) in [5.41, 5.74) is 4.45. The highest BCUT2D eigenvalue weighted by Crippen LogP contribution is 2.36. The number of anilines is 1.